The first-order chi connectivity index (χ1) is 42.3. The summed E-state index contributed by atoms with van der Waals surface area (Å²) in [5.74, 6) is -1.72. The highest BCUT2D eigenvalue weighted by Crippen LogP contribution is 2.44. The van der Waals surface area contributed by atoms with E-state index in [2.05, 4.69) is 41.0 Å². The number of thiazole rings is 1. The molecule has 0 radical (unpaired) electrons. The molecule has 3 aromatic heterocycles. The predicted octanol–water partition coefficient (Wildman–Crippen LogP) is 9.58. The van der Waals surface area contributed by atoms with Crippen molar-refractivity contribution in [1.29, 1.82) is 0 Å². The Hall–Kier alpha value is -7.14. The first kappa shape index (κ1) is 62.5. The highest BCUT2D eigenvalue weighted by molar-refractivity contribution is 7.13. The quantitative estimate of drug-likeness (QED) is 0.0347. The van der Waals surface area contributed by atoms with Gasteiger partial charge >= 0.3 is 12.1 Å². The Labute approximate surface area is 516 Å². The van der Waals surface area contributed by atoms with E-state index in [-0.39, 0.29) is 103 Å². The van der Waals surface area contributed by atoms with Crippen molar-refractivity contribution >= 4 is 62.6 Å². The van der Waals surface area contributed by atoms with E-state index in [0.29, 0.717) is 60.0 Å². The summed E-state index contributed by atoms with van der Waals surface area (Å²) >= 11 is 1.57. The van der Waals surface area contributed by atoms with E-state index >= 15 is 8.78 Å². The van der Waals surface area contributed by atoms with Crippen molar-refractivity contribution in [2.45, 2.75) is 179 Å². The number of aromatic hydroxyl groups is 1. The fourth-order valence-electron chi connectivity index (χ4n) is 14.1. The van der Waals surface area contributed by atoms with Crippen LogP contribution in [0.25, 0.3) is 43.4 Å². The number of anilines is 1. The molecule has 19 nitrogen and oxygen atoms in total. The number of aromatic nitrogens is 4. The number of carbonyl (C=O) groups excluding carboxylic acids is 4. The molecule has 0 spiro atoms. The number of phenols is 1. The predicted molar refractivity (Wildman–Crippen MR) is 334 cm³/mol. The number of phenolic OH excluding ortho intramolecular Hbond substituents is 1. The first-order valence-corrected chi connectivity index (χ1v) is 32.4. The maximum Gasteiger partial charge on any atom is 0.407 e. The number of benzene rings is 3. The highest BCUT2D eigenvalue weighted by atomic mass is 32.1. The number of nitrogens with zero attached hydrogens (tertiary/aromatic N) is 7. The lowest BCUT2D eigenvalue weighted by Gasteiger charge is -2.35. The molecular formula is C66H83F2N11O8S. The zero-order valence-electron chi connectivity index (χ0n) is 51.3. The number of carbonyl (C=O) groups is 4. The van der Waals surface area contributed by atoms with Crippen LogP contribution in [0.1, 0.15) is 141 Å². The Bertz CT molecular complexity index is 3540. The van der Waals surface area contributed by atoms with Gasteiger partial charge in [-0.3, -0.25) is 24.3 Å². The Morgan fingerprint density at radius 2 is 1.69 bits per heavy atom. The number of aliphatic hydroxyl groups excluding tert-OH is 1. The van der Waals surface area contributed by atoms with Gasteiger partial charge < -0.3 is 50.8 Å². The molecule has 22 heteroatoms. The lowest BCUT2D eigenvalue weighted by Crippen LogP contribution is -2.57. The van der Waals surface area contributed by atoms with Gasteiger partial charge in [0, 0.05) is 68.9 Å². The summed E-state index contributed by atoms with van der Waals surface area (Å²) in [6.45, 7) is 14.4. The number of rotatable bonds is 22. The smallest absolute Gasteiger partial charge is 0.407 e. The number of alkyl carbamates (subject to hydrolysis) is 1. The number of pyridine rings is 1. The monoisotopic (exact) mass is 1230 g/mol. The third-order valence-electron chi connectivity index (χ3n) is 18.7. The fraction of sp³-hybridized carbons (Fsp3) is 0.545. The summed E-state index contributed by atoms with van der Waals surface area (Å²) in [5.41, 5.74) is 4.33. The second-order valence-electron chi connectivity index (χ2n) is 26.0. The van der Waals surface area contributed by atoms with Gasteiger partial charge in [0.05, 0.1) is 39.2 Å². The van der Waals surface area contributed by atoms with Crippen LogP contribution < -0.4 is 30.9 Å². The number of hydrogen-bond acceptors (Lipinski definition) is 16. The molecule has 2 bridgehead atoms. The molecule has 11 rings (SSSR count). The van der Waals surface area contributed by atoms with Gasteiger partial charge in [0.15, 0.2) is 5.82 Å². The van der Waals surface area contributed by atoms with E-state index in [1.165, 1.54) is 23.1 Å². The maximum atomic E-state index is 17.3. The average Bonchev–Trinajstić information content (AvgIpc) is 1.64. The standard InChI is InChI=1S/C66H83F2N11O8S/c1-7-48-51(67)22-19-42-28-46(80)29-49(54(42)48)56-55(68)57-50(31-70-56)60(77-32-43-20-21-44(33-77)73-43)76-63(75-57)87-36-66-24-13-27-79(66)45(23-25-66)35-86-64(85)69-26-12-10-8-9-11-14-53(82)74-59(65(4,5)6)62(84)78-34-47(81)30-52(78)61(83)72-38(2)40-15-17-41(18-16-40)58-39(3)71-37-88-58/h15-19,22,28-29,31,37-38,43-45,47,52,59,73,80-81H,7-14,20-21,23-27,30,32-36H2,1-6H3,(H,69,85)(H,72,83)(H,74,82)/t38-,43?,44?,45+,47+,52-,59+,66?/m0/s1. The number of unbranched alkanes of at least 4 members (excludes halogenated alkanes) is 4. The van der Waals surface area contributed by atoms with Crippen LogP contribution in [0.3, 0.4) is 0 Å². The van der Waals surface area contributed by atoms with E-state index in [4.69, 9.17) is 19.4 Å². The molecule has 5 aliphatic rings. The molecule has 6 aromatic rings. The summed E-state index contributed by atoms with van der Waals surface area (Å²) in [6.07, 6.45) is 10.1. The van der Waals surface area contributed by atoms with Crippen molar-refractivity contribution in [1.82, 2.24) is 51.0 Å². The van der Waals surface area contributed by atoms with E-state index in [0.717, 1.165) is 92.5 Å². The molecule has 6 N–H and O–H groups in total. The van der Waals surface area contributed by atoms with E-state index in [9.17, 15) is 29.4 Å². The molecule has 5 fully saturated rings. The van der Waals surface area contributed by atoms with Crippen LogP contribution in [-0.4, -0.2) is 152 Å². The van der Waals surface area contributed by atoms with Gasteiger partial charge in [-0.15, -0.1) is 11.3 Å². The van der Waals surface area contributed by atoms with Crippen molar-refractivity contribution in [3.63, 3.8) is 0 Å². The minimum Gasteiger partial charge on any atom is -0.508 e. The van der Waals surface area contributed by atoms with Crippen LogP contribution in [0.4, 0.5) is 19.4 Å². The van der Waals surface area contributed by atoms with Gasteiger partial charge in [0.25, 0.3) is 0 Å². The van der Waals surface area contributed by atoms with Crippen LogP contribution >= 0.6 is 11.3 Å². The Morgan fingerprint density at radius 1 is 0.932 bits per heavy atom. The van der Waals surface area contributed by atoms with Crippen molar-refractivity contribution < 1.29 is 47.6 Å². The lowest BCUT2D eigenvalue weighted by atomic mass is 9.85. The fourth-order valence-corrected chi connectivity index (χ4v) is 14.9. The van der Waals surface area contributed by atoms with Gasteiger partial charge in [-0.25, -0.2) is 18.6 Å². The number of likely N-dealkylation sites (tertiary alicyclic amines) is 1. The minimum atomic E-state index is -0.913. The van der Waals surface area contributed by atoms with Crippen molar-refractivity contribution in [3.8, 4) is 33.5 Å². The van der Waals surface area contributed by atoms with Crippen molar-refractivity contribution in [2.24, 2.45) is 5.41 Å². The molecule has 8 atom stereocenters. The number of nitrogens with one attached hydrogen (secondary N) is 4. The normalized spacial score (nSPS) is 22.5. The third-order valence-corrected chi connectivity index (χ3v) is 19.7. The lowest BCUT2D eigenvalue weighted by molar-refractivity contribution is -0.144. The van der Waals surface area contributed by atoms with E-state index in [1.54, 1.807) is 23.6 Å². The second kappa shape index (κ2) is 26.5. The molecule has 88 heavy (non-hydrogen) atoms. The molecule has 4 amide bonds. The molecule has 470 valence electrons. The van der Waals surface area contributed by atoms with Crippen LogP contribution in [0.2, 0.25) is 0 Å². The molecule has 8 heterocycles. The van der Waals surface area contributed by atoms with Crippen molar-refractivity contribution in [3.05, 3.63) is 88.7 Å². The van der Waals surface area contributed by atoms with Gasteiger partial charge in [0.1, 0.15) is 53.9 Å². The van der Waals surface area contributed by atoms with Crippen LogP contribution in [0, 0.1) is 24.0 Å². The number of halogens is 2. The second-order valence-corrected chi connectivity index (χ2v) is 26.8. The van der Waals surface area contributed by atoms with Gasteiger partial charge in [-0.05, 0) is 129 Å². The Morgan fingerprint density at radius 3 is 2.43 bits per heavy atom. The number of aliphatic hydroxyl groups is 1. The zero-order valence-corrected chi connectivity index (χ0v) is 52.1. The average molecular weight is 1230 g/mol. The van der Waals surface area contributed by atoms with Gasteiger partial charge in [-0.1, -0.05) is 77.3 Å². The maximum absolute atomic E-state index is 17.3. The SMILES string of the molecule is CCc1c(F)ccc2cc(O)cc(-c3ncc4c(N5CC6CCC(C5)N6)nc(OCC56CCCN5[C@@H](COC(=O)NCCCCCCCC(=O)N[C@H](C(=O)N5C[C@H](O)C[C@H]5C(=O)N[C@@H](C)c5ccc(-c7scnc7C)cc5)C(C)(C)C)CC6)nc4c3F)c12. The molecule has 0 saturated carbocycles. The minimum absolute atomic E-state index is 0.00798. The number of hydrogen-bond donors (Lipinski definition) is 6. The summed E-state index contributed by atoms with van der Waals surface area (Å²) in [6, 6.07) is 12.2. The number of amides is 4. The number of aryl methyl sites for hydroxylation is 2. The molecule has 3 unspecified atom stereocenters. The summed E-state index contributed by atoms with van der Waals surface area (Å²) in [7, 11) is 0. The number of β-amino-alcohol motifs (C(OH)–C–C–N with tert-alkyl or cyclic N) is 1. The van der Waals surface area contributed by atoms with E-state index in [1.807, 2.05) is 71.3 Å². The van der Waals surface area contributed by atoms with Crippen LogP contribution in [0.15, 0.2) is 60.2 Å². The highest BCUT2D eigenvalue weighted by Gasteiger charge is 2.51. The summed E-state index contributed by atoms with van der Waals surface area (Å²) < 4.78 is 44.9. The third kappa shape index (κ3) is 13.4. The topological polar surface area (TPSA) is 237 Å². The Balaban J connectivity index is 0.630. The van der Waals surface area contributed by atoms with Gasteiger partial charge in [0.2, 0.25) is 17.7 Å². The molecular weight excluding hydrogens is 1140 g/mol. The number of piperazine rings is 1. The van der Waals surface area contributed by atoms with Crippen LogP contribution in [-0.2, 0) is 25.5 Å². The first-order valence-electron chi connectivity index (χ1n) is 31.5. The van der Waals surface area contributed by atoms with Gasteiger partial charge in [-0.2, -0.15) is 9.97 Å². The van der Waals surface area contributed by atoms with Crippen LogP contribution in [0.5, 0.6) is 11.8 Å². The largest absolute Gasteiger partial charge is 0.508 e. The molecule has 5 saturated heterocycles. The summed E-state index contributed by atoms with van der Waals surface area (Å²) in [5, 5.41) is 35.6. The molecule has 3 aromatic carbocycles. The Kier molecular flexibility index (Phi) is 18.8. The van der Waals surface area contributed by atoms with Crippen molar-refractivity contribution in [2.75, 3.05) is 50.8 Å². The zero-order chi connectivity index (χ0) is 62.0. The van der Waals surface area contributed by atoms with E-state index < -0.39 is 47.2 Å². The molecule has 5 aliphatic heterocycles. The molecule has 0 aliphatic carbocycles. The summed E-state index contributed by atoms with van der Waals surface area (Å²) in [4.78, 5) is 80.1. The number of fused-ring (bicyclic) bond motifs is 5. The number of ether oxygens (including phenoxy) is 2.